The van der Waals surface area contributed by atoms with Crippen LogP contribution < -0.4 is 10.6 Å². The first-order valence-electron chi connectivity index (χ1n) is 5.47. The molecule has 0 spiro atoms. The van der Waals surface area contributed by atoms with E-state index in [1.54, 1.807) is 36.4 Å². The molecule has 0 unspecified atom stereocenters. The average molecular weight is 318 g/mol. The molecule has 0 aliphatic heterocycles. The fourth-order valence-electron chi connectivity index (χ4n) is 1.55. The molecule has 2 aromatic carbocycles. The van der Waals surface area contributed by atoms with Gasteiger partial charge in [-0.2, -0.15) is 0 Å². The standard InChI is InChI=1S/C12H13O3P.H3O3P/c13-16(14,15,11-7-3-1-4-8-11)12-9-5-2-6-10-12;1-4(2)3/h1-10,13-15H;1-3H. The van der Waals surface area contributed by atoms with Gasteiger partial charge in [-0.25, -0.2) is 0 Å². The minimum atomic E-state index is -4.93. The Morgan fingerprint density at radius 3 is 1.10 bits per heavy atom. The molecule has 0 aromatic heterocycles. The van der Waals surface area contributed by atoms with Crippen molar-refractivity contribution in [1.82, 2.24) is 0 Å². The van der Waals surface area contributed by atoms with E-state index in [4.69, 9.17) is 14.7 Å². The van der Waals surface area contributed by atoms with E-state index >= 15 is 0 Å². The molecule has 0 aliphatic carbocycles. The largest absolute Gasteiger partial charge is 0.328 e. The second-order valence-corrected chi connectivity index (χ2v) is 7.45. The van der Waals surface area contributed by atoms with Crippen LogP contribution in [0.25, 0.3) is 0 Å². The van der Waals surface area contributed by atoms with E-state index < -0.39 is 15.9 Å². The molecule has 8 heteroatoms. The van der Waals surface area contributed by atoms with Crippen LogP contribution in [0.4, 0.5) is 0 Å². The van der Waals surface area contributed by atoms with E-state index in [0.29, 0.717) is 0 Å². The van der Waals surface area contributed by atoms with Crippen LogP contribution in [0.15, 0.2) is 60.7 Å². The predicted molar refractivity (Wildman–Crippen MR) is 79.3 cm³/mol. The summed E-state index contributed by atoms with van der Waals surface area (Å²) in [7, 11) is -7.55. The van der Waals surface area contributed by atoms with Gasteiger partial charge in [-0.15, -0.1) is 0 Å². The maximum Gasteiger partial charge on any atom is 0.324 e. The van der Waals surface area contributed by atoms with Gasteiger partial charge in [0.25, 0.3) is 0 Å². The zero-order valence-electron chi connectivity index (χ0n) is 10.4. The van der Waals surface area contributed by atoms with Crippen molar-refractivity contribution in [1.29, 1.82) is 0 Å². The van der Waals surface area contributed by atoms with Crippen molar-refractivity contribution >= 4 is 26.5 Å². The number of benzene rings is 2. The number of hydrogen-bond donors (Lipinski definition) is 6. The molecule has 0 amide bonds. The Bertz CT molecular complexity index is 478. The van der Waals surface area contributed by atoms with Crippen LogP contribution >= 0.6 is 15.9 Å². The minimum absolute atomic E-state index is 0.139. The topological polar surface area (TPSA) is 121 Å². The van der Waals surface area contributed by atoms with Crippen molar-refractivity contribution in [3.63, 3.8) is 0 Å². The second kappa shape index (κ2) is 6.68. The maximum absolute atomic E-state index is 10.2. The predicted octanol–water partition coefficient (Wildman–Crippen LogP) is 0.103. The molecule has 0 fully saturated rings. The van der Waals surface area contributed by atoms with E-state index in [1.807, 2.05) is 0 Å². The number of rotatable bonds is 2. The van der Waals surface area contributed by atoms with Crippen molar-refractivity contribution in [2.24, 2.45) is 0 Å². The normalized spacial score (nSPS) is 13.1. The quantitative estimate of drug-likeness (QED) is 0.437. The van der Waals surface area contributed by atoms with Crippen LogP contribution in [-0.4, -0.2) is 29.4 Å². The molecular weight excluding hydrogens is 302 g/mol. The maximum atomic E-state index is 10.2. The van der Waals surface area contributed by atoms with Gasteiger partial charge in [-0.3, -0.25) is 0 Å². The van der Waals surface area contributed by atoms with Crippen molar-refractivity contribution < 1.29 is 29.4 Å². The van der Waals surface area contributed by atoms with Crippen LogP contribution in [0.2, 0.25) is 0 Å². The monoisotopic (exact) mass is 318 g/mol. The molecule has 6 N–H and O–H groups in total. The Morgan fingerprint density at radius 2 is 0.850 bits per heavy atom. The average Bonchev–Trinajstić information content (AvgIpc) is 2.40. The summed E-state index contributed by atoms with van der Waals surface area (Å²) in [4.78, 5) is 52.2. The first-order valence-corrected chi connectivity index (χ1v) is 8.76. The molecule has 0 atom stereocenters. The van der Waals surface area contributed by atoms with E-state index in [-0.39, 0.29) is 10.6 Å². The van der Waals surface area contributed by atoms with Crippen LogP contribution in [0.5, 0.6) is 0 Å². The Labute approximate surface area is 117 Å². The summed E-state index contributed by atoms with van der Waals surface area (Å²) in [5.74, 6) is 0. The Balaban J connectivity index is 0.000000444. The summed E-state index contributed by atoms with van der Waals surface area (Å²) >= 11 is 0. The van der Waals surface area contributed by atoms with Crippen molar-refractivity contribution in [2.75, 3.05) is 0 Å². The van der Waals surface area contributed by atoms with Gasteiger partial charge < -0.3 is 14.7 Å². The Morgan fingerprint density at radius 1 is 0.600 bits per heavy atom. The molecule has 0 aliphatic rings. The molecule has 0 bridgehead atoms. The van der Waals surface area contributed by atoms with Gasteiger partial charge in [0, 0.05) is 0 Å². The molecule has 0 heterocycles. The molecule has 2 aromatic rings. The molecule has 6 nitrogen and oxygen atoms in total. The van der Waals surface area contributed by atoms with Gasteiger partial charge in [0.2, 0.25) is 0 Å². The SMILES string of the molecule is OP(O)(O)(c1ccccc1)c1ccccc1.OP(O)O. The van der Waals surface area contributed by atoms with Crippen molar-refractivity contribution in [2.45, 2.75) is 0 Å². The van der Waals surface area contributed by atoms with Crippen LogP contribution in [0.3, 0.4) is 0 Å². The fourth-order valence-corrected chi connectivity index (χ4v) is 3.29. The van der Waals surface area contributed by atoms with Gasteiger partial charge in [0.05, 0.1) is 0 Å². The summed E-state index contributed by atoms with van der Waals surface area (Å²) in [5.41, 5.74) is 0. The summed E-state index contributed by atoms with van der Waals surface area (Å²) in [6.07, 6.45) is 0. The minimum Gasteiger partial charge on any atom is -0.328 e. The first kappa shape index (κ1) is 17.1. The molecule has 110 valence electrons. The summed E-state index contributed by atoms with van der Waals surface area (Å²) in [5, 5.41) is 0.277. The van der Waals surface area contributed by atoms with Crippen LogP contribution in [0.1, 0.15) is 0 Å². The molecule has 20 heavy (non-hydrogen) atoms. The zero-order valence-corrected chi connectivity index (χ0v) is 12.1. The Hall–Kier alpha value is -0.940. The summed E-state index contributed by atoms with van der Waals surface area (Å²) < 4.78 is 0. The van der Waals surface area contributed by atoms with Gasteiger partial charge in [-0.1, -0.05) is 0 Å². The zero-order chi connectivity index (χ0) is 15.3. The molecular formula is C12H16O6P2. The second-order valence-electron chi connectivity index (χ2n) is 3.92. The molecule has 0 saturated heterocycles. The van der Waals surface area contributed by atoms with Crippen molar-refractivity contribution in [3.8, 4) is 0 Å². The fraction of sp³-hybridized carbons (Fsp3) is 0. The third-order valence-electron chi connectivity index (χ3n) is 2.46. The van der Waals surface area contributed by atoms with E-state index in [9.17, 15) is 14.7 Å². The smallest absolute Gasteiger partial charge is 0.324 e. The van der Waals surface area contributed by atoms with Crippen LogP contribution in [-0.2, 0) is 0 Å². The third kappa shape index (κ3) is 4.56. The van der Waals surface area contributed by atoms with E-state index in [2.05, 4.69) is 0 Å². The Kier molecular flexibility index (Phi) is 5.71. The van der Waals surface area contributed by atoms with Crippen LogP contribution in [0, 0.1) is 0 Å². The third-order valence-corrected chi connectivity index (χ3v) is 4.96. The first-order chi connectivity index (χ1) is 9.22. The summed E-state index contributed by atoms with van der Waals surface area (Å²) in [6, 6.07) is 16.1. The van der Waals surface area contributed by atoms with E-state index in [0.717, 1.165) is 0 Å². The van der Waals surface area contributed by atoms with Gasteiger partial charge >= 0.3 is 102 Å². The van der Waals surface area contributed by atoms with E-state index in [1.165, 1.54) is 24.3 Å². The summed E-state index contributed by atoms with van der Waals surface area (Å²) in [6.45, 7) is 0. The van der Waals surface area contributed by atoms with Crippen molar-refractivity contribution in [3.05, 3.63) is 60.7 Å². The molecule has 0 radical (unpaired) electrons. The van der Waals surface area contributed by atoms with Gasteiger partial charge in [0.15, 0.2) is 0 Å². The van der Waals surface area contributed by atoms with Gasteiger partial charge in [0.1, 0.15) is 0 Å². The van der Waals surface area contributed by atoms with Gasteiger partial charge in [-0.05, 0) is 0 Å². The number of hydrogen-bond acceptors (Lipinski definition) is 6. The molecule has 2 rings (SSSR count). The molecule has 0 saturated carbocycles.